The van der Waals surface area contributed by atoms with E-state index in [-0.39, 0.29) is 22.5 Å². The second-order valence-electron chi connectivity index (χ2n) is 5.45. The van der Waals surface area contributed by atoms with Crippen LogP contribution in [0.25, 0.3) is 28.1 Å². The molecule has 0 fully saturated rings. The molecule has 0 aliphatic heterocycles. The SMILES string of the molecule is O=[N+]([O-])c1ccc(-c2ncnc3c2nnn3-c2ccccc2)c([N+](=O)[O-])c1. The topological polar surface area (TPSA) is 143 Å². The average Bonchev–Trinajstić information content (AvgIpc) is 3.12. The van der Waals surface area contributed by atoms with E-state index >= 15 is 0 Å². The monoisotopic (exact) mass is 363 g/mol. The maximum Gasteiger partial charge on any atom is 0.285 e. The number of nitro groups is 2. The van der Waals surface area contributed by atoms with E-state index in [9.17, 15) is 20.2 Å². The number of para-hydroxylation sites is 1. The number of hydrogen-bond acceptors (Lipinski definition) is 8. The summed E-state index contributed by atoms with van der Waals surface area (Å²) >= 11 is 0. The van der Waals surface area contributed by atoms with Gasteiger partial charge in [0, 0.05) is 6.07 Å². The number of non-ortho nitro benzene ring substituents is 1. The highest BCUT2D eigenvalue weighted by molar-refractivity contribution is 5.90. The van der Waals surface area contributed by atoms with E-state index in [2.05, 4.69) is 20.3 Å². The highest BCUT2D eigenvalue weighted by Crippen LogP contribution is 2.34. The van der Waals surface area contributed by atoms with E-state index in [1.54, 1.807) is 0 Å². The van der Waals surface area contributed by atoms with Crippen LogP contribution in [-0.4, -0.2) is 34.8 Å². The molecule has 0 aliphatic rings. The van der Waals surface area contributed by atoms with Crippen molar-refractivity contribution < 1.29 is 9.85 Å². The Balaban J connectivity index is 1.95. The molecule has 0 N–H and O–H groups in total. The third-order valence-electron chi connectivity index (χ3n) is 3.88. The number of aromatic nitrogens is 5. The van der Waals surface area contributed by atoms with Crippen LogP contribution >= 0.6 is 0 Å². The minimum absolute atomic E-state index is 0.0955. The normalized spacial score (nSPS) is 10.8. The minimum atomic E-state index is -0.697. The molecule has 0 atom stereocenters. The van der Waals surface area contributed by atoms with Gasteiger partial charge in [0.2, 0.25) is 0 Å². The summed E-state index contributed by atoms with van der Waals surface area (Å²) in [5.41, 5.74) is 0.754. The number of nitrogens with zero attached hydrogens (tertiary/aromatic N) is 7. The largest absolute Gasteiger partial charge is 0.285 e. The second kappa shape index (κ2) is 6.22. The van der Waals surface area contributed by atoms with Gasteiger partial charge < -0.3 is 0 Å². The van der Waals surface area contributed by atoms with Gasteiger partial charge in [-0.1, -0.05) is 23.4 Å². The van der Waals surface area contributed by atoms with Crippen LogP contribution in [-0.2, 0) is 0 Å². The van der Waals surface area contributed by atoms with Gasteiger partial charge in [0.05, 0.1) is 27.2 Å². The van der Waals surface area contributed by atoms with Crippen LogP contribution in [0.4, 0.5) is 11.4 Å². The Hall–Kier alpha value is -4.28. The third kappa shape index (κ3) is 2.72. The van der Waals surface area contributed by atoms with Crippen LogP contribution in [0.2, 0.25) is 0 Å². The first-order valence-corrected chi connectivity index (χ1v) is 7.61. The fourth-order valence-electron chi connectivity index (χ4n) is 2.67. The van der Waals surface area contributed by atoms with Crippen LogP contribution in [0.3, 0.4) is 0 Å². The van der Waals surface area contributed by atoms with Crippen LogP contribution in [0, 0.1) is 20.2 Å². The lowest BCUT2D eigenvalue weighted by Gasteiger charge is -2.04. The number of benzene rings is 2. The molecule has 2 aromatic heterocycles. The quantitative estimate of drug-likeness (QED) is 0.398. The number of nitro benzene ring substituents is 2. The molecule has 0 saturated heterocycles. The zero-order valence-electron chi connectivity index (χ0n) is 13.5. The Kier molecular flexibility index (Phi) is 3.73. The predicted octanol–water partition coefficient (Wildman–Crippen LogP) is 2.69. The van der Waals surface area contributed by atoms with E-state index in [0.717, 1.165) is 6.07 Å². The Morgan fingerprint density at radius 2 is 1.70 bits per heavy atom. The lowest BCUT2D eigenvalue weighted by molar-refractivity contribution is -0.393. The van der Waals surface area contributed by atoms with Crippen molar-refractivity contribution in [3.05, 3.63) is 75.1 Å². The zero-order valence-corrected chi connectivity index (χ0v) is 13.5. The van der Waals surface area contributed by atoms with Gasteiger partial charge in [0.25, 0.3) is 11.4 Å². The van der Waals surface area contributed by atoms with Gasteiger partial charge in [0.15, 0.2) is 11.2 Å². The van der Waals surface area contributed by atoms with E-state index in [4.69, 9.17) is 0 Å². The molecule has 2 aromatic carbocycles. The van der Waals surface area contributed by atoms with E-state index < -0.39 is 15.5 Å². The van der Waals surface area contributed by atoms with E-state index in [1.165, 1.54) is 23.1 Å². The van der Waals surface area contributed by atoms with Gasteiger partial charge in [-0.15, -0.1) is 5.10 Å². The highest BCUT2D eigenvalue weighted by Gasteiger charge is 2.24. The molecule has 0 spiro atoms. The molecule has 0 unspecified atom stereocenters. The Morgan fingerprint density at radius 3 is 2.41 bits per heavy atom. The molecule has 0 aliphatic carbocycles. The Labute approximate surface area is 150 Å². The lowest BCUT2D eigenvalue weighted by atomic mass is 10.1. The molecule has 0 saturated carbocycles. The maximum atomic E-state index is 11.4. The van der Waals surface area contributed by atoms with Crippen molar-refractivity contribution in [3.63, 3.8) is 0 Å². The average molecular weight is 363 g/mol. The molecule has 11 nitrogen and oxygen atoms in total. The molecule has 4 aromatic rings. The van der Waals surface area contributed by atoms with Gasteiger partial charge in [-0.3, -0.25) is 20.2 Å². The summed E-state index contributed by atoms with van der Waals surface area (Å²) in [5.74, 6) is 0. The number of rotatable bonds is 4. The van der Waals surface area contributed by atoms with Crippen molar-refractivity contribution in [3.8, 4) is 16.9 Å². The molecule has 0 radical (unpaired) electrons. The minimum Gasteiger partial charge on any atom is -0.258 e. The molecule has 0 amide bonds. The summed E-state index contributed by atoms with van der Waals surface area (Å²) in [6.07, 6.45) is 1.24. The van der Waals surface area contributed by atoms with Crippen molar-refractivity contribution in [2.45, 2.75) is 0 Å². The second-order valence-corrected chi connectivity index (χ2v) is 5.45. The van der Waals surface area contributed by atoms with Gasteiger partial charge in [0.1, 0.15) is 12.0 Å². The first kappa shape index (κ1) is 16.2. The van der Waals surface area contributed by atoms with Crippen LogP contribution < -0.4 is 0 Å². The summed E-state index contributed by atoms with van der Waals surface area (Å²) in [6, 6.07) is 12.5. The van der Waals surface area contributed by atoms with Crippen molar-refractivity contribution >= 4 is 22.5 Å². The van der Waals surface area contributed by atoms with Crippen molar-refractivity contribution in [1.82, 2.24) is 25.0 Å². The predicted molar refractivity (Wildman–Crippen MR) is 93.2 cm³/mol. The van der Waals surface area contributed by atoms with Crippen LogP contribution in [0.15, 0.2) is 54.9 Å². The Bertz CT molecular complexity index is 1190. The number of hydrogen-bond donors (Lipinski definition) is 0. The fourth-order valence-corrected chi connectivity index (χ4v) is 2.67. The van der Waals surface area contributed by atoms with Crippen molar-refractivity contribution in [2.24, 2.45) is 0 Å². The Morgan fingerprint density at radius 1 is 0.926 bits per heavy atom. The first-order chi connectivity index (χ1) is 13.1. The molecule has 0 bridgehead atoms. The standard InChI is InChI=1S/C16H9N7O4/c24-22(25)11-6-7-12(13(8-11)23(26)27)14-15-16(18-9-17-14)21(20-19-15)10-4-2-1-3-5-10/h1-9H. The molecule has 132 valence electrons. The summed E-state index contributed by atoms with van der Waals surface area (Å²) in [4.78, 5) is 29.2. The summed E-state index contributed by atoms with van der Waals surface area (Å²) in [5, 5.41) is 30.5. The van der Waals surface area contributed by atoms with Crippen molar-refractivity contribution in [2.75, 3.05) is 0 Å². The molecular formula is C16H9N7O4. The van der Waals surface area contributed by atoms with E-state index in [1.807, 2.05) is 30.3 Å². The van der Waals surface area contributed by atoms with Gasteiger partial charge in [-0.2, -0.15) is 4.68 Å². The third-order valence-corrected chi connectivity index (χ3v) is 3.88. The van der Waals surface area contributed by atoms with Gasteiger partial charge in [-0.05, 0) is 18.2 Å². The van der Waals surface area contributed by atoms with Crippen LogP contribution in [0.5, 0.6) is 0 Å². The molecule has 4 rings (SSSR count). The lowest BCUT2D eigenvalue weighted by Crippen LogP contribution is -1.99. The van der Waals surface area contributed by atoms with Gasteiger partial charge in [-0.25, -0.2) is 9.97 Å². The number of fused-ring (bicyclic) bond motifs is 1. The summed E-state index contributed by atoms with van der Waals surface area (Å²) < 4.78 is 1.48. The molecule has 11 heteroatoms. The summed E-state index contributed by atoms with van der Waals surface area (Å²) in [6.45, 7) is 0. The van der Waals surface area contributed by atoms with Gasteiger partial charge >= 0.3 is 0 Å². The summed E-state index contributed by atoms with van der Waals surface area (Å²) in [7, 11) is 0. The molecule has 2 heterocycles. The first-order valence-electron chi connectivity index (χ1n) is 7.61. The highest BCUT2D eigenvalue weighted by atomic mass is 16.6. The fraction of sp³-hybridized carbons (Fsp3) is 0. The zero-order chi connectivity index (χ0) is 19.0. The maximum absolute atomic E-state index is 11.4. The molecule has 27 heavy (non-hydrogen) atoms. The smallest absolute Gasteiger partial charge is 0.258 e. The molecular weight excluding hydrogens is 354 g/mol. The van der Waals surface area contributed by atoms with Crippen LogP contribution in [0.1, 0.15) is 0 Å². The van der Waals surface area contributed by atoms with Crippen molar-refractivity contribution in [1.29, 1.82) is 0 Å². The van der Waals surface area contributed by atoms with E-state index in [0.29, 0.717) is 11.3 Å².